The number of hydrogen-bond acceptors (Lipinski definition) is 5. The molecule has 0 aliphatic heterocycles. The van der Waals surface area contributed by atoms with Crippen LogP contribution in [0, 0.1) is 11.3 Å². The van der Waals surface area contributed by atoms with Gasteiger partial charge in [0.05, 0.1) is 35.3 Å². The van der Waals surface area contributed by atoms with Crippen LogP contribution in [0.4, 0.5) is 5.82 Å². The lowest BCUT2D eigenvalue weighted by atomic mass is 9.92. The summed E-state index contributed by atoms with van der Waals surface area (Å²) in [6, 6.07) is 19.1. The van der Waals surface area contributed by atoms with Gasteiger partial charge < -0.3 is 5.32 Å². The molecule has 0 aliphatic carbocycles. The first-order valence-corrected chi connectivity index (χ1v) is 11.8. The van der Waals surface area contributed by atoms with Crippen molar-refractivity contribution in [2.24, 2.45) is 0 Å². The molecule has 33 heavy (non-hydrogen) atoms. The fourth-order valence-electron chi connectivity index (χ4n) is 3.11. The fraction of sp³-hybridized carbons (Fsp3) is 0.292. The second kappa shape index (κ2) is 9.57. The van der Waals surface area contributed by atoms with Gasteiger partial charge in [-0.25, -0.2) is 13.1 Å². The summed E-state index contributed by atoms with van der Waals surface area (Å²) in [7, 11) is -2.55. The van der Waals surface area contributed by atoms with E-state index in [0.29, 0.717) is 17.9 Å². The molecule has 0 fully saturated rings. The van der Waals surface area contributed by atoms with E-state index in [9.17, 15) is 13.2 Å². The number of benzene rings is 2. The highest BCUT2D eigenvalue weighted by molar-refractivity contribution is 7.89. The lowest BCUT2D eigenvalue weighted by Gasteiger charge is -2.17. The smallest absolute Gasteiger partial charge is 0.243 e. The van der Waals surface area contributed by atoms with Crippen LogP contribution < -0.4 is 5.32 Å². The van der Waals surface area contributed by atoms with Crippen LogP contribution in [-0.4, -0.2) is 42.0 Å². The third-order valence-corrected chi connectivity index (χ3v) is 6.87. The molecule has 3 aromatic rings. The van der Waals surface area contributed by atoms with Gasteiger partial charge in [-0.1, -0.05) is 51.1 Å². The number of carbonyl (C=O) groups excluding carboxylic acids is 1. The Morgan fingerprint density at radius 1 is 1.12 bits per heavy atom. The van der Waals surface area contributed by atoms with Gasteiger partial charge in [0.15, 0.2) is 0 Å². The van der Waals surface area contributed by atoms with Crippen LogP contribution in [0.25, 0.3) is 0 Å². The van der Waals surface area contributed by atoms with Gasteiger partial charge in [0.1, 0.15) is 5.82 Å². The molecule has 0 atom stereocenters. The van der Waals surface area contributed by atoms with Gasteiger partial charge in [0.2, 0.25) is 15.9 Å². The van der Waals surface area contributed by atoms with Crippen molar-refractivity contribution in [1.82, 2.24) is 14.1 Å². The Morgan fingerprint density at radius 2 is 1.76 bits per heavy atom. The van der Waals surface area contributed by atoms with Crippen LogP contribution >= 0.6 is 0 Å². The molecule has 1 N–H and O–H groups in total. The molecule has 1 aromatic heterocycles. The third kappa shape index (κ3) is 5.86. The van der Waals surface area contributed by atoms with Gasteiger partial charge in [-0.2, -0.15) is 14.7 Å². The van der Waals surface area contributed by atoms with Crippen molar-refractivity contribution in [1.29, 1.82) is 5.26 Å². The Morgan fingerprint density at radius 3 is 2.33 bits per heavy atom. The van der Waals surface area contributed by atoms with E-state index in [1.165, 1.54) is 31.3 Å². The summed E-state index contributed by atoms with van der Waals surface area (Å²) in [5, 5.41) is 16.4. The number of anilines is 1. The first kappa shape index (κ1) is 24.2. The second-order valence-corrected chi connectivity index (χ2v) is 10.8. The molecule has 1 amide bonds. The number of amides is 1. The number of hydrogen-bond donors (Lipinski definition) is 1. The first-order valence-electron chi connectivity index (χ1n) is 10.4. The summed E-state index contributed by atoms with van der Waals surface area (Å²) >= 11 is 0. The van der Waals surface area contributed by atoms with Crippen molar-refractivity contribution in [3.8, 4) is 6.07 Å². The maximum Gasteiger partial charge on any atom is 0.243 e. The minimum atomic E-state index is -3.89. The van der Waals surface area contributed by atoms with Crippen LogP contribution in [0.3, 0.4) is 0 Å². The van der Waals surface area contributed by atoms with Crippen LogP contribution in [0.15, 0.2) is 65.6 Å². The van der Waals surface area contributed by atoms with E-state index in [1.807, 2.05) is 63.2 Å². The highest BCUT2D eigenvalue weighted by Gasteiger charge is 2.25. The molecule has 0 bridgehead atoms. The van der Waals surface area contributed by atoms with Crippen molar-refractivity contribution in [3.05, 3.63) is 77.5 Å². The SMILES string of the molecule is CN(CC(=O)Nc1cc(C(C)(C)C)nn1Cc1ccccc1)S(=O)(=O)c1ccc(C#N)cc1. The molecule has 172 valence electrons. The highest BCUT2D eigenvalue weighted by atomic mass is 32.2. The van der Waals surface area contributed by atoms with Crippen LogP contribution in [-0.2, 0) is 26.8 Å². The number of likely N-dealkylation sites (N-methyl/N-ethyl adjacent to an activating group) is 1. The van der Waals surface area contributed by atoms with Crippen LogP contribution in [0.5, 0.6) is 0 Å². The fourth-order valence-corrected chi connectivity index (χ4v) is 4.24. The maximum atomic E-state index is 12.8. The number of rotatable bonds is 7. The molecule has 0 unspecified atom stereocenters. The average molecular weight is 466 g/mol. The van der Waals surface area contributed by atoms with Gasteiger partial charge in [-0.3, -0.25) is 4.79 Å². The standard InChI is InChI=1S/C24H27N5O3S/c1-24(2,3)21-14-22(29(27-21)16-19-8-6-5-7-9-19)26-23(30)17-28(4)33(31,32)20-12-10-18(15-25)11-13-20/h5-14H,16-17H2,1-4H3,(H,26,30). The summed E-state index contributed by atoms with van der Waals surface area (Å²) in [6.45, 7) is 6.19. The monoisotopic (exact) mass is 465 g/mol. The molecular formula is C24H27N5O3S. The van der Waals surface area contributed by atoms with E-state index in [0.717, 1.165) is 15.6 Å². The Labute approximate surface area is 194 Å². The Kier molecular flexibility index (Phi) is 7.01. The Balaban J connectivity index is 1.78. The highest BCUT2D eigenvalue weighted by Crippen LogP contribution is 2.25. The van der Waals surface area contributed by atoms with Gasteiger partial charge in [0, 0.05) is 18.5 Å². The molecule has 0 spiro atoms. The van der Waals surface area contributed by atoms with Crippen molar-refractivity contribution in [3.63, 3.8) is 0 Å². The topological polar surface area (TPSA) is 108 Å². The molecule has 0 saturated carbocycles. The lowest BCUT2D eigenvalue weighted by molar-refractivity contribution is -0.116. The van der Waals surface area contributed by atoms with E-state index >= 15 is 0 Å². The zero-order valence-corrected chi connectivity index (χ0v) is 19.9. The van der Waals surface area contributed by atoms with Crippen molar-refractivity contribution in [2.75, 3.05) is 18.9 Å². The molecule has 0 radical (unpaired) electrons. The lowest BCUT2D eigenvalue weighted by Crippen LogP contribution is -2.35. The maximum absolute atomic E-state index is 12.8. The zero-order valence-electron chi connectivity index (χ0n) is 19.1. The molecule has 0 saturated heterocycles. The average Bonchev–Trinajstić information content (AvgIpc) is 3.17. The summed E-state index contributed by atoms with van der Waals surface area (Å²) in [6.07, 6.45) is 0. The quantitative estimate of drug-likeness (QED) is 0.576. The predicted octanol–water partition coefficient (Wildman–Crippen LogP) is 3.36. The minimum Gasteiger partial charge on any atom is -0.310 e. The summed E-state index contributed by atoms with van der Waals surface area (Å²) in [5.74, 6) is 0.0161. The van der Waals surface area contributed by atoms with E-state index in [4.69, 9.17) is 5.26 Å². The van der Waals surface area contributed by atoms with E-state index in [2.05, 4.69) is 10.4 Å². The number of aromatic nitrogens is 2. The van der Waals surface area contributed by atoms with Gasteiger partial charge in [-0.15, -0.1) is 0 Å². The first-order chi connectivity index (χ1) is 15.5. The Bertz CT molecular complexity index is 1270. The number of carbonyl (C=O) groups is 1. The number of nitriles is 1. The molecule has 9 heteroatoms. The molecule has 0 aliphatic rings. The van der Waals surface area contributed by atoms with E-state index < -0.39 is 15.9 Å². The van der Waals surface area contributed by atoms with Crippen molar-refractivity contribution < 1.29 is 13.2 Å². The van der Waals surface area contributed by atoms with E-state index in [-0.39, 0.29) is 16.9 Å². The third-order valence-electron chi connectivity index (χ3n) is 5.05. The van der Waals surface area contributed by atoms with Crippen LogP contribution in [0.1, 0.15) is 37.6 Å². The van der Waals surface area contributed by atoms with Gasteiger partial charge in [-0.05, 0) is 29.8 Å². The Hall–Kier alpha value is -3.48. The molecule has 2 aromatic carbocycles. The second-order valence-electron chi connectivity index (χ2n) is 8.75. The van der Waals surface area contributed by atoms with Crippen molar-refractivity contribution >= 4 is 21.7 Å². The van der Waals surface area contributed by atoms with Gasteiger partial charge in [0.25, 0.3) is 0 Å². The zero-order chi connectivity index (χ0) is 24.2. The van der Waals surface area contributed by atoms with Gasteiger partial charge >= 0.3 is 0 Å². The largest absolute Gasteiger partial charge is 0.310 e. The predicted molar refractivity (Wildman–Crippen MR) is 126 cm³/mol. The number of sulfonamides is 1. The molecule has 3 rings (SSSR count). The summed E-state index contributed by atoms with van der Waals surface area (Å²) in [4.78, 5) is 12.8. The molecule has 8 nitrogen and oxygen atoms in total. The van der Waals surface area contributed by atoms with Crippen LogP contribution in [0.2, 0.25) is 0 Å². The minimum absolute atomic E-state index is 0.0148. The normalized spacial score (nSPS) is 11.9. The summed E-state index contributed by atoms with van der Waals surface area (Å²) in [5.41, 5.74) is 1.97. The van der Waals surface area contributed by atoms with E-state index in [1.54, 1.807) is 4.68 Å². The molecule has 1 heterocycles. The van der Waals surface area contributed by atoms with Crippen molar-refractivity contribution in [2.45, 2.75) is 37.6 Å². The number of nitrogens with zero attached hydrogens (tertiary/aromatic N) is 4. The molecular weight excluding hydrogens is 438 g/mol. The number of nitrogens with one attached hydrogen (secondary N) is 1. The summed E-state index contributed by atoms with van der Waals surface area (Å²) < 4.78 is 28.3.